The first-order chi connectivity index (χ1) is 8.65. The lowest BCUT2D eigenvalue weighted by Gasteiger charge is -2.14. The van der Waals surface area contributed by atoms with Crippen LogP contribution in [0, 0.1) is 5.92 Å². The summed E-state index contributed by atoms with van der Waals surface area (Å²) < 4.78 is 1.74. The number of amides is 1. The molecule has 0 saturated heterocycles. The number of hydrogen-bond acceptors (Lipinski definition) is 3. The lowest BCUT2D eigenvalue weighted by molar-refractivity contribution is -0.121. The van der Waals surface area contributed by atoms with Crippen molar-refractivity contribution in [2.24, 2.45) is 13.0 Å². The van der Waals surface area contributed by atoms with Gasteiger partial charge in [-0.15, -0.1) is 0 Å². The summed E-state index contributed by atoms with van der Waals surface area (Å²) in [5.41, 5.74) is 1.08. The van der Waals surface area contributed by atoms with E-state index in [1.54, 1.807) is 10.9 Å². The molecular weight excluding hydrogens is 230 g/mol. The fraction of sp³-hybridized carbons (Fsp3) is 0.692. The van der Waals surface area contributed by atoms with Crippen molar-refractivity contribution in [2.75, 3.05) is 6.54 Å². The van der Waals surface area contributed by atoms with Crippen LogP contribution in [0.15, 0.2) is 12.4 Å². The number of nitrogens with zero attached hydrogens (tertiary/aromatic N) is 2. The summed E-state index contributed by atoms with van der Waals surface area (Å²) in [6.07, 6.45) is 7.63. The Balaban J connectivity index is 1.66. The highest BCUT2D eigenvalue weighted by Crippen LogP contribution is 2.24. The Hall–Kier alpha value is -1.36. The van der Waals surface area contributed by atoms with Gasteiger partial charge in [-0.25, -0.2) is 0 Å². The Morgan fingerprint density at radius 3 is 3.06 bits per heavy atom. The van der Waals surface area contributed by atoms with Crippen LogP contribution in [-0.4, -0.2) is 33.4 Å². The molecule has 2 rings (SSSR count). The van der Waals surface area contributed by atoms with Gasteiger partial charge in [0.25, 0.3) is 0 Å². The highest BCUT2D eigenvalue weighted by atomic mass is 16.3. The minimum absolute atomic E-state index is 0.0537. The number of aromatic nitrogens is 2. The van der Waals surface area contributed by atoms with Gasteiger partial charge in [-0.3, -0.25) is 9.48 Å². The van der Waals surface area contributed by atoms with Crippen molar-refractivity contribution in [3.05, 3.63) is 18.0 Å². The Labute approximate surface area is 107 Å². The molecule has 1 fully saturated rings. The van der Waals surface area contributed by atoms with Gasteiger partial charge < -0.3 is 10.4 Å². The average molecular weight is 251 g/mol. The van der Waals surface area contributed by atoms with Crippen molar-refractivity contribution in [3.63, 3.8) is 0 Å². The predicted molar refractivity (Wildman–Crippen MR) is 67.9 cm³/mol. The molecule has 5 nitrogen and oxygen atoms in total. The molecule has 0 bridgehead atoms. The molecule has 0 aromatic carbocycles. The number of carbonyl (C=O) groups is 1. The lowest BCUT2D eigenvalue weighted by Crippen LogP contribution is -2.32. The minimum atomic E-state index is -0.233. The largest absolute Gasteiger partial charge is 0.393 e. The topological polar surface area (TPSA) is 67.2 Å². The molecule has 1 aliphatic rings. The van der Waals surface area contributed by atoms with E-state index in [-0.39, 0.29) is 17.9 Å². The number of carbonyl (C=O) groups excluding carboxylic acids is 1. The Morgan fingerprint density at radius 2 is 2.44 bits per heavy atom. The van der Waals surface area contributed by atoms with E-state index < -0.39 is 0 Å². The van der Waals surface area contributed by atoms with E-state index in [1.165, 1.54) is 0 Å². The van der Waals surface area contributed by atoms with Gasteiger partial charge in [-0.2, -0.15) is 5.10 Å². The predicted octanol–water partition coefficient (Wildman–Crippen LogP) is 0.630. The van der Waals surface area contributed by atoms with Crippen molar-refractivity contribution in [2.45, 2.75) is 38.2 Å². The zero-order valence-electron chi connectivity index (χ0n) is 10.8. The third-order valence-corrected chi connectivity index (χ3v) is 3.58. The molecule has 2 N–H and O–H groups in total. The number of aliphatic hydroxyl groups excluding tert-OH is 1. The maximum atomic E-state index is 11.7. The summed E-state index contributed by atoms with van der Waals surface area (Å²) in [6.45, 7) is 0.604. The summed E-state index contributed by atoms with van der Waals surface area (Å²) in [5.74, 6) is 0.297. The quantitative estimate of drug-likeness (QED) is 0.806. The zero-order chi connectivity index (χ0) is 13.0. The number of aliphatic hydroxyl groups is 1. The van der Waals surface area contributed by atoms with Gasteiger partial charge in [0.1, 0.15) is 0 Å². The van der Waals surface area contributed by atoms with E-state index >= 15 is 0 Å². The van der Waals surface area contributed by atoms with E-state index in [4.69, 9.17) is 0 Å². The third kappa shape index (κ3) is 3.57. The summed E-state index contributed by atoms with van der Waals surface area (Å²) in [4.78, 5) is 11.7. The fourth-order valence-electron chi connectivity index (χ4n) is 2.45. The molecule has 0 spiro atoms. The SMILES string of the molecule is Cn1cc(CCC(=O)NCC2CCCC2O)cn1. The monoisotopic (exact) mass is 251 g/mol. The van der Waals surface area contributed by atoms with Crippen molar-refractivity contribution in [1.29, 1.82) is 0 Å². The van der Waals surface area contributed by atoms with E-state index in [0.717, 1.165) is 24.8 Å². The first-order valence-electron chi connectivity index (χ1n) is 6.57. The number of nitrogens with one attached hydrogen (secondary N) is 1. The maximum absolute atomic E-state index is 11.7. The van der Waals surface area contributed by atoms with Crippen molar-refractivity contribution in [1.82, 2.24) is 15.1 Å². The van der Waals surface area contributed by atoms with Crippen LogP contribution < -0.4 is 5.32 Å². The van der Waals surface area contributed by atoms with Gasteiger partial charge in [0.15, 0.2) is 0 Å². The second kappa shape index (κ2) is 6.00. The van der Waals surface area contributed by atoms with Gasteiger partial charge in [0, 0.05) is 32.1 Å². The van der Waals surface area contributed by atoms with E-state index in [0.29, 0.717) is 19.4 Å². The van der Waals surface area contributed by atoms with Gasteiger partial charge in [0.2, 0.25) is 5.91 Å². The van der Waals surface area contributed by atoms with E-state index in [9.17, 15) is 9.90 Å². The van der Waals surface area contributed by atoms with Crippen LogP contribution in [0.2, 0.25) is 0 Å². The molecule has 1 heterocycles. The molecule has 1 aliphatic carbocycles. The van der Waals surface area contributed by atoms with Crippen LogP contribution >= 0.6 is 0 Å². The Kier molecular flexibility index (Phi) is 4.36. The molecule has 1 amide bonds. The summed E-state index contributed by atoms with van der Waals surface area (Å²) in [7, 11) is 1.87. The molecule has 18 heavy (non-hydrogen) atoms. The molecule has 100 valence electrons. The molecule has 5 heteroatoms. The Morgan fingerprint density at radius 1 is 1.61 bits per heavy atom. The fourth-order valence-corrected chi connectivity index (χ4v) is 2.45. The van der Waals surface area contributed by atoms with Crippen LogP contribution in [0.25, 0.3) is 0 Å². The number of rotatable bonds is 5. The van der Waals surface area contributed by atoms with Crippen LogP contribution in [0.3, 0.4) is 0 Å². The Bertz CT molecular complexity index is 403. The van der Waals surface area contributed by atoms with Crippen molar-refractivity contribution >= 4 is 5.91 Å². The van der Waals surface area contributed by atoms with Gasteiger partial charge in [0.05, 0.1) is 12.3 Å². The second-order valence-electron chi connectivity index (χ2n) is 5.08. The lowest BCUT2D eigenvalue weighted by atomic mass is 10.1. The molecule has 1 aromatic rings. The molecular formula is C13H21N3O2. The van der Waals surface area contributed by atoms with Crippen molar-refractivity contribution < 1.29 is 9.90 Å². The third-order valence-electron chi connectivity index (χ3n) is 3.58. The molecule has 2 atom stereocenters. The molecule has 1 saturated carbocycles. The van der Waals surface area contributed by atoms with Crippen molar-refractivity contribution in [3.8, 4) is 0 Å². The standard InChI is InChI=1S/C13H21N3O2/c1-16-9-10(7-15-16)5-6-13(18)14-8-11-3-2-4-12(11)17/h7,9,11-12,17H,2-6,8H2,1H3,(H,14,18). The molecule has 0 aliphatic heterocycles. The first-order valence-corrected chi connectivity index (χ1v) is 6.57. The normalized spacial score (nSPS) is 23.2. The van der Waals surface area contributed by atoms with Gasteiger partial charge in [-0.1, -0.05) is 6.42 Å². The summed E-state index contributed by atoms with van der Waals surface area (Å²) in [6, 6.07) is 0. The highest BCUT2D eigenvalue weighted by Gasteiger charge is 2.25. The smallest absolute Gasteiger partial charge is 0.220 e. The zero-order valence-corrected chi connectivity index (χ0v) is 10.8. The first kappa shape index (κ1) is 13.1. The van der Waals surface area contributed by atoms with Gasteiger partial charge >= 0.3 is 0 Å². The molecule has 0 radical (unpaired) electrons. The number of aryl methyl sites for hydroxylation is 2. The minimum Gasteiger partial charge on any atom is -0.393 e. The summed E-state index contributed by atoms with van der Waals surface area (Å²) in [5, 5.41) is 16.6. The highest BCUT2D eigenvalue weighted by molar-refractivity contribution is 5.76. The van der Waals surface area contributed by atoms with Gasteiger partial charge in [-0.05, 0) is 24.8 Å². The van der Waals surface area contributed by atoms with E-state index in [1.807, 2.05) is 13.2 Å². The molecule has 1 aromatic heterocycles. The van der Waals surface area contributed by atoms with Crippen LogP contribution in [-0.2, 0) is 18.3 Å². The van der Waals surface area contributed by atoms with Crippen LogP contribution in [0.5, 0.6) is 0 Å². The number of hydrogen-bond donors (Lipinski definition) is 2. The molecule has 2 unspecified atom stereocenters. The van der Waals surface area contributed by atoms with Crippen LogP contribution in [0.4, 0.5) is 0 Å². The second-order valence-corrected chi connectivity index (χ2v) is 5.08. The maximum Gasteiger partial charge on any atom is 0.220 e. The van der Waals surface area contributed by atoms with Crippen LogP contribution in [0.1, 0.15) is 31.2 Å². The van der Waals surface area contributed by atoms with E-state index in [2.05, 4.69) is 10.4 Å². The summed E-state index contributed by atoms with van der Waals surface area (Å²) >= 11 is 0. The average Bonchev–Trinajstić information content (AvgIpc) is 2.93.